The van der Waals surface area contributed by atoms with Crippen molar-refractivity contribution in [2.75, 3.05) is 33.3 Å². The highest BCUT2D eigenvalue weighted by molar-refractivity contribution is 5.89. The number of nitrogens with zero attached hydrogens (tertiary/aromatic N) is 2. The number of esters is 1. The molecular formula is C18H27ClN2O4. The molecule has 1 amide bonds. The number of carbonyl (C=O) groups excluding carboxylic acids is 2. The summed E-state index contributed by atoms with van der Waals surface area (Å²) in [7, 11) is 1.33. The molecule has 1 saturated heterocycles. The summed E-state index contributed by atoms with van der Waals surface area (Å²) in [6.45, 7) is 7.51. The second kappa shape index (κ2) is 10.3. The highest BCUT2D eigenvalue weighted by Gasteiger charge is 2.25. The minimum Gasteiger partial charge on any atom is -0.465 e. The monoisotopic (exact) mass is 370 g/mol. The molecule has 1 fully saturated rings. The molecule has 0 unspecified atom stereocenters. The van der Waals surface area contributed by atoms with Gasteiger partial charge in [0.05, 0.1) is 12.7 Å². The maximum Gasteiger partial charge on any atom is 0.415 e. The van der Waals surface area contributed by atoms with Gasteiger partial charge in [0, 0.05) is 32.2 Å². The van der Waals surface area contributed by atoms with Gasteiger partial charge < -0.3 is 14.4 Å². The van der Waals surface area contributed by atoms with Crippen LogP contribution in [0, 0.1) is 0 Å². The van der Waals surface area contributed by atoms with Gasteiger partial charge in [-0.3, -0.25) is 4.90 Å². The molecule has 25 heavy (non-hydrogen) atoms. The predicted octanol–water partition coefficient (Wildman–Crippen LogP) is 3.20. The summed E-state index contributed by atoms with van der Waals surface area (Å²) in [4.78, 5) is 27.8. The van der Waals surface area contributed by atoms with E-state index in [1.54, 1.807) is 29.2 Å². The summed E-state index contributed by atoms with van der Waals surface area (Å²) in [5.74, 6) is 0.0143. The fraction of sp³-hybridized carbons (Fsp3) is 0.556. The van der Waals surface area contributed by atoms with Crippen LogP contribution < -0.4 is 4.74 Å². The van der Waals surface area contributed by atoms with Gasteiger partial charge in [0.2, 0.25) is 0 Å². The zero-order valence-electron chi connectivity index (χ0n) is 15.1. The van der Waals surface area contributed by atoms with Crippen LogP contribution >= 0.6 is 12.4 Å². The molecule has 0 saturated carbocycles. The second-order valence-corrected chi connectivity index (χ2v) is 5.88. The van der Waals surface area contributed by atoms with Crippen LogP contribution in [0.2, 0.25) is 0 Å². The molecule has 1 aliphatic heterocycles. The van der Waals surface area contributed by atoms with Crippen molar-refractivity contribution in [1.82, 2.24) is 9.80 Å². The largest absolute Gasteiger partial charge is 0.465 e. The quantitative estimate of drug-likeness (QED) is 0.745. The topological polar surface area (TPSA) is 59.1 Å². The molecule has 2 rings (SSSR count). The van der Waals surface area contributed by atoms with Crippen LogP contribution in [0.1, 0.15) is 37.0 Å². The molecule has 0 atom stereocenters. The van der Waals surface area contributed by atoms with E-state index in [2.05, 4.69) is 23.5 Å². The van der Waals surface area contributed by atoms with E-state index in [1.807, 2.05) is 0 Å². The number of rotatable bonds is 5. The SMILES string of the molecule is CCC(CC)N1CCN(C(=O)Oc2ccc(C(=O)OC)cc2)CC1.Cl. The summed E-state index contributed by atoms with van der Waals surface area (Å²) in [5, 5.41) is 0. The third-order valence-electron chi connectivity index (χ3n) is 4.51. The first kappa shape index (κ1) is 21.3. The van der Waals surface area contributed by atoms with Crippen LogP contribution in [-0.2, 0) is 4.74 Å². The summed E-state index contributed by atoms with van der Waals surface area (Å²) in [5.41, 5.74) is 0.427. The van der Waals surface area contributed by atoms with Crippen LogP contribution in [0.4, 0.5) is 4.79 Å². The molecule has 0 spiro atoms. The van der Waals surface area contributed by atoms with Gasteiger partial charge in [-0.2, -0.15) is 0 Å². The molecule has 0 bridgehead atoms. The second-order valence-electron chi connectivity index (χ2n) is 5.88. The van der Waals surface area contributed by atoms with Crippen molar-refractivity contribution < 1.29 is 19.1 Å². The van der Waals surface area contributed by atoms with Gasteiger partial charge >= 0.3 is 12.1 Å². The Bertz CT molecular complexity index is 553. The Morgan fingerprint density at radius 1 is 1.04 bits per heavy atom. The molecule has 1 aromatic carbocycles. The third kappa shape index (κ3) is 5.61. The van der Waals surface area contributed by atoms with E-state index in [-0.39, 0.29) is 18.5 Å². The maximum atomic E-state index is 12.3. The number of hydrogen-bond donors (Lipinski definition) is 0. The Hall–Kier alpha value is -1.79. The van der Waals surface area contributed by atoms with Gasteiger partial charge in [-0.1, -0.05) is 13.8 Å². The minimum absolute atomic E-state index is 0. The fourth-order valence-corrected chi connectivity index (χ4v) is 3.02. The standard InChI is InChI=1S/C18H26N2O4.ClH/c1-4-15(5-2)19-10-12-20(13-11-19)18(22)24-16-8-6-14(7-9-16)17(21)23-3;/h6-9,15H,4-5,10-13H2,1-3H3;1H. The molecule has 0 aromatic heterocycles. The van der Waals surface area contributed by atoms with Crippen LogP contribution in [0.5, 0.6) is 5.75 Å². The van der Waals surface area contributed by atoms with Gasteiger partial charge in [0.25, 0.3) is 0 Å². The summed E-state index contributed by atoms with van der Waals surface area (Å²) < 4.78 is 10.0. The molecule has 1 aliphatic rings. The average Bonchev–Trinajstić information content (AvgIpc) is 2.63. The Labute approximate surface area is 155 Å². The molecule has 1 heterocycles. The Balaban J connectivity index is 0.00000312. The molecule has 0 N–H and O–H groups in total. The van der Waals surface area contributed by atoms with E-state index in [4.69, 9.17) is 4.74 Å². The van der Waals surface area contributed by atoms with E-state index in [1.165, 1.54) is 7.11 Å². The lowest BCUT2D eigenvalue weighted by atomic mass is 10.1. The van der Waals surface area contributed by atoms with Crippen LogP contribution in [0.3, 0.4) is 0 Å². The normalized spacial score (nSPS) is 14.8. The van der Waals surface area contributed by atoms with E-state index >= 15 is 0 Å². The Morgan fingerprint density at radius 2 is 1.60 bits per heavy atom. The molecule has 0 aliphatic carbocycles. The third-order valence-corrected chi connectivity index (χ3v) is 4.51. The number of amides is 1. The van der Waals surface area contributed by atoms with Crippen molar-refractivity contribution in [2.24, 2.45) is 0 Å². The van der Waals surface area contributed by atoms with E-state index < -0.39 is 5.97 Å². The van der Waals surface area contributed by atoms with E-state index in [0.717, 1.165) is 25.9 Å². The lowest BCUT2D eigenvalue weighted by Crippen LogP contribution is -2.52. The zero-order valence-corrected chi connectivity index (χ0v) is 15.9. The summed E-state index contributed by atoms with van der Waals surface area (Å²) >= 11 is 0. The van der Waals surface area contributed by atoms with Gasteiger partial charge in [0.15, 0.2) is 0 Å². The molecule has 1 aromatic rings. The zero-order chi connectivity index (χ0) is 17.5. The van der Waals surface area contributed by atoms with Crippen molar-refractivity contribution in [1.29, 1.82) is 0 Å². The highest BCUT2D eigenvalue weighted by atomic mass is 35.5. The Kier molecular flexibility index (Phi) is 8.72. The number of benzene rings is 1. The lowest BCUT2D eigenvalue weighted by molar-refractivity contribution is 0.0600. The molecule has 6 nitrogen and oxygen atoms in total. The van der Waals surface area contributed by atoms with Gasteiger partial charge in [-0.15, -0.1) is 12.4 Å². The number of ether oxygens (including phenoxy) is 2. The van der Waals surface area contributed by atoms with Gasteiger partial charge in [0.1, 0.15) is 5.75 Å². The van der Waals surface area contributed by atoms with Crippen molar-refractivity contribution >= 4 is 24.5 Å². The maximum absolute atomic E-state index is 12.3. The van der Waals surface area contributed by atoms with Crippen molar-refractivity contribution in [2.45, 2.75) is 32.7 Å². The number of piperazine rings is 1. The molecule has 140 valence electrons. The number of hydrogen-bond acceptors (Lipinski definition) is 5. The lowest BCUT2D eigenvalue weighted by Gasteiger charge is -2.38. The molecule has 7 heteroatoms. The summed E-state index contributed by atoms with van der Waals surface area (Å²) in [6, 6.07) is 6.96. The van der Waals surface area contributed by atoms with Crippen molar-refractivity contribution in [3.63, 3.8) is 0 Å². The smallest absolute Gasteiger partial charge is 0.415 e. The minimum atomic E-state index is -0.412. The number of carbonyl (C=O) groups is 2. The first-order valence-corrected chi connectivity index (χ1v) is 8.48. The van der Waals surface area contributed by atoms with E-state index in [9.17, 15) is 9.59 Å². The molecule has 0 radical (unpaired) electrons. The fourth-order valence-electron chi connectivity index (χ4n) is 3.02. The van der Waals surface area contributed by atoms with Crippen molar-refractivity contribution in [3.05, 3.63) is 29.8 Å². The first-order valence-electron chi connectivity index (χ1n) is 8.48. The van der Waals surface area contributed by atoms with Gasteiger partial charge in [-0.05, 0) is 37.1 Å². The average molecular weight is 371 g/mol. The predicted molar refractivity (Wildman–Crippen MR) is 98.6 cm³/mol. The van der Waals surface area contributed by atoms with Crippen LogP contribution in [0.15, 0.2) is 24.3 Å². The van der Waals surface area contributed by atoms with E-state index in [0.29, 0.717) is 30.4 Å². The van der Waals surface area contributed by atoms with Crippen molar-refractivity contribution in [3.8, 4) is 5.75 Å². The number of halogens is 1. The van der Waals surface area contributed by atoms with Crippen LogP contribution in [0.25, 0.3) is 0 Å². The van der Waals surface area contributed by atoms with Crippen LogP contribution in [-0.4, -0.2) is 61.2 Å². The Morgan fingerprint density at radius 3 is 2.08 bits per heavy atom. The summed E-state index contributed by atoms with van der Waals surface area (Å²) in [6.07, 6.45) is 1.92. The van der Waals surface area contributed by atoms with Gasteiger partial charge in [-0.25, -0.2) is 9.59 Å². The molecular weight excluding hydrogens is 344 g/mol. The highest BCUT2D eigenvalue weighted by Crippen LogP contribution is 2.16. The number of methoxy groups -OCH3 is 1. The first-order chi connectivity index (χ1) is 11.6.